The first-order chi connectivity index (χ1) is 8.08. The normalized spacial score (nSPS) is 13.2. The summed E-state index contributed by atoms with van der Waals surface area (Å²) in [5.74, 6) is 0.798. The highest BCUT2D eigenvalue weighted by Crippen LogP contribution is 2.26. The minimum Gasteiger partial charge on any atom is -0.497 e. The van der Waals surface area contributed by atoms with Crippen LogP contribution in [0.15, 0.2) is 23.4 Å². The molecule has 1 aromatic carbocycles. The number of halogens is 1. The Bertz CT molecular complexity index is 410. The Kier molecular flexibility index (Phi) is 4.90. The molecular formula is C11H16ClN3O2. The molecule has 1 aromatic rings. The van der Waals surface area contributed by atoms with E-state index in [0.717, 1.165) is 5.69 Å². The fourth-order valence-corrected chi connectivity index (χ4v) is 1.42. The highest BCUT2D eigenvalue weighted by atomic mass is 35.5. The number of nitrogens with zero attached hydrogens (tertiary/aromatic N) is 1. The molecule has 6 heteroatoms. The van der Waals surface area contributed by atoms with Crippen molar-refractivity contribution in [3.8, 4) is 5.75 Å². The molecule has 94 valence electrons. The van der Waals surface area contributed by atoms with E-state index < -0.39 is 0 Å². The maximum atomic E-state index is 8.53. The highest BCUT2D eigenvalue weighted by Gasteiger charge is 2.09. The van der Waals surface area contributed by atoms with E-state index in [1.165, 1.54) is 0 Å². The molecular weight excluding hydrogens is 242 g/mol. The van der Waals surface area contributed by atoms with Crippen molar-refractivity contribution in [2.24, 2.45) is 16.8 Å². The Morgan fingerprint density at radius 1 is 1.65 bits per heavy atom. The highest BCUT2D eigenvalue weighted by molar-refractivity contribution is 6.33. The van der Waals surface area contributed by atoms with Gasteiger partial charge in [0.2, 0.25) is 0 Å². The second kappa shape index (κ2) is 6.20. The topological polar surface area (TPSA) is 79.9 Å². The summed E-state index contributed by atoms with van der Waals surface area (Å²) < 4.78 is 5.10. The van der Waals surface area contributed by atoms with Crippen LogP contribution in [-0.2, 0) is 0 Å². The second-order valence-corrected chi connectivity index (χ2v) is 4.06. The van der Waals surface area contributed by atoms with Gasteiger partial charge >= 0.3 is 0 Å². The predicted octanol–water partition coefficient (Wildman–Crippen LogP) is 2.14. The van der Waals surface area contributed by atoms with Gasteiger partial charge < -0.3 is 21.0 Å². The quantitative estimate of drug-likeness (QED) is 0.327. The minimum atomic E-state index is -0.0951. The monoisotopic (exact) mass is 257 g/mol. The van der Waals surface area contributed by atoms with Crippen LogP contribution in [0.1, 0.15) is 6.92 Å². The molecule has 5 nitrogen and oxygen atoms in total. The first-order valence-corrected chi connectivity index (χ1v) is 5.51. The van der Waals surface area contributed by atoms with E-state index in [1.54, 1.807) is 25.3 Å². The third-order valence-electron chi connectivity index (χ3n) is 2.39. The lowest BCUT2D eigenvalue weighted by Gasteiger charge is -2.14. The number of oxime groups is 1. The summed E-state index contributed by atoms with van der Waals surface area (Å²) in [5.41, 5.74) is 6.23. The van der Waals surface area contributed by atoms with E-state index in [-0.39, 0.29) is 11.8 Å². The van der Waals surface area contributed by atoms with Gasteiger partial charge in [-0.25, -0.2) is 0 Å². The number of rotatable bonds is 5. The summed E-state index contributed by atoms with van der Waals surface area (Å²) in [7, 11) is 1.59. The number of amidine groups is 1. The van der Waals surface area contributed by atoms with Gasteiger partial charge in [0, 0.05) is 18.5 Å². The zero-order chi connectivity index (χ0) is 12.8. The van der Waals surface area contributed by atoms with Crippen LogP contribution in [-0.4, -0.2) is 24.7 Å². The molecule has 0 heterocycles. The lowest BCUT2D eigenvalue weighted by molar-refractivity contribution is 0.315. The summed E-state index contributed by atoms with van der Waals surface area (Å²) in [6, 6.07) is 5.32. The van der Waals surface area contributed by atoms with E-state index in [2.05, 4.69) is 10.5 Å². The number of benzene rings is 1. The summed E-state index contributed by atoms with van der Waals surface area (Å²) in [6.45, 7) is 2.36. The fraction of sp³-hybridized carbons (Fsp3) is 0.364. The van der Waals surface area contributed by atoms with E-state index >= 15 is 0 Å². The van der Waals surface area contributed by atoms with Crippen LogP contribution in [0.4, 0.5) is 5.69 Å². The van der Waals surface area contributed by atoms with Crippen LogP contribution in [0.2, 0.25) is 5.02 Å². The van der Waals surface area contributed by atoms with E-state index in [4.69, 9.17) is 27.3 Å². The number of hydrogen-bond acceptors (Lipinski definition) is 4. The molecule has 0 aliphatic rings. The molecule has 1 unspecified atom stereocenters. The molecule has 1 atom stereocenters. The van der Waals surface area contributed by atoms with Gasteiger partial charge in [-0.2, -0.15) is 0 Å². The molecule has 4 N–H and O–H groups in total. The maximum Gasteiger partial charge on any atom is 0.143 e. The SMILES string of the molecule is COc1ccc(Cl)c(NCC(C)C(N)=NO)c1. The molecule has 17 heavy (non-hydrogen) atoms. The van der Waals surface area contributed by atoms with Gasteiger partial charge in [0.1, 0.15) is 11.6 Å². The van der Waals surface area contributed by atoms with E-state index in [0.29, 0.717) is 17.3 Å². The number of methoxy groups -OCH3 is 1. The summed E-state index contributed by atoms with van der Waals surface area (Å²) in [6.07, 6.45) is 0. The van der Waals surface area contributed by atoms with Crippen LogP contribution in [0, 0.1) is 5.92 Å². The van der Waals surface area contributed by atoms with Gasteiger partial charge in [0.05, 0.1) is 17.8 Å². The molecule has 0 fully saturated rings. The fourth-order valence-electron chi connectivity index (χ4n) is 1.23. The molecule has 0 aliphatic heterocycles. The zero-order valence-electron chi connectivity index (χ0n) is 9.77. The molecule has 0 aromatic heterocycles. The first-order valence-electron chi connectivity index (χ1n) is 5.13. The molecule has 0 spiro atoms. The smallest absolute Gasteiger partial charge is 0.143 e. The Morgan fingerprint density at radius 3 is 2.94 bits per heavy atom. The number of hydrogen-bond donors (Lipinski definition) is 3. The van der Waals surface area contributed by atoms with Crippen molar-refractivity contribution in [2.75, 3.05) is 19.0 Å². The van der Waals surface area contributed by atoms with Gasteiger partial charge in [-0.15, -0.1) is 0 Å². The average Bonchev–Trinajstić information content (AvgIpc) is 2.36. The van der Waals surface area contributed by atoms with Crippen molar-refractivity contribution >= 4 is 23.1 Å². The summed E-state index contributed by atoms with van der Waals surface area (Å²) in [5, 5.41) is 15.2. The van der Waals surface area contributed by atoms with Crippen LogP contribution < -0.4 is 15.8 Å². The molecule has 0 saturated heterocycles. The van der Waals surface area contributed by atoms with Crippen molar-refractivity contribution in [3.63, 3.8) is 0 Å². The third-order valence-corrected chi connectivity index (χ3v) is 2.72. The summed E-state index contributed by atoms with van der Waals surface area (Å²) >= 11 is 6.02. The minimum absolute atomic E-state index is 0.0951. The van der Waals surface area contributed by atoms with Crippen molar-refractivity contribution in [3.05, 3.63) is 23.2 Å². The van der Waals surface area contributed by atoms with Crippen LogP contribution in [0.25, 0.3) is 0 Å². The van der Waals surface area contributed by atoms with Gasteiger partial charge in [0.15, 0.2) is 0 Å². The van der Waals surface area contributed by atoms with Crippen LogP contribution in [0.5, 0.6) is 5.75 Å². The number of nitrogens with one attached hydrogen (secondary N) is 1. The molecule has 0 aliphatic carbocycles. The summed E-state index contributed by atoms with van der Waals surface area (Å²) in [4.78, 5) is 0. The predicted molar refractivity (Wildman–Crippen MR) is 69.1 cm³/mol. The van der Waals surface area contributed by atoms with Crippen molar-refractivity contribution in [1.82, 2.24) is 0 Å². The molecule has 1 rings (SSSR count). The Morgan fingerprint density at radius 2 is 2.35 bits per heavy atom. The van der Waals surface area contributed by atoms with Crippen molar-refractivity contribution in [1.29, 1.82) is 0 Å². The second-order valence-electron chi connectivity index (χ2n) is 3.65. The Balaban J connectivity index is 2.68. The lowest BCUT2D eigenvalue weighted by atomic mass is 10.1. The number of nitrogens with two attached hydrogens (primary N) is 1. The molecule has 0 radical (unpaired) electrons. The van der Waals surface area contributed by atoms with E-state index in [9.17, 15) is 0 Å². The van der Waals surface area contributed by atoms with Crippen molar-refractivity contribution in [2.45, 2.75) is 6.92 Å². The molecule has 0 amide bonds. The largest absolute Gasteiger partial charge is 0.497 e. The standard InChI is InChI=1S/C11H16ClN3O2/c1-7(11(13)15-16)6-14-10-5-8(17-2)3-4-9(10)12/h3-5,7,14,16H,6H2,1-2H3,(H2,13,15). The lowest BCUT2D eigenvalue weighted by Crippen LogP contribution is -2.27. The van der Waals surface area contributed by atoms with Gasteiger partial charge in [0.25, 0.3) is 0 Å². The Hall–Kier alpha value is -1.62. The number of ether oxygens (including phenoxy) is 1. The van der Waals surface area contributed by atoms with Crippen LogP contribution in [0.3, 0.4) is 0 Å². The van der Waals surface area contributed by atoms with Crippen molar-refractivity contribution < 1.29 is 9.94 Å². The average molecular weight is 258 g/mol. The van der Waals surface area contributed by atoms with Gasteiger partial charge in [-0.05, 0) is 12.1 Å². The number of anilines is 1. The van der Waals surface area contributed by atoms with E-state index in [1.807, 2.05) is 6.92 Å². The van der Waals surface area contributed by atoms with Gasteiger partial charge in [-0.1, -0.05) is 23.7 Å². The maximum absolute atomic E-state index is 8.53. The van der Waals surface area contributed by atoms with Gasteiger partial charge in [-0.3, -0.25) is 0 Å². The van der Waals surface area contributed by atoms with Crippen LogP contribution >= 0.6 is 11.6 Å². The molecule has 0 bridgehead atoms. The molecule has 0 saturated carbocycles. The first kappa shape index (κ1) is 13.4. The Labute approximate surface area is 105 Å². The zero-order valence-corrected chi connectivity index (χ0v) is 10.5. The third kappa shape index (κ3) is 3.71.